The summed E-state index contributed by atoms with van der Waals surface area (Å²) in [6.45, 7) is 4.50. The summed E-state index contributed by atoms with van der Waals surface area (Å²) in [4.78, 5) is 11.3. The maximum Gasteiger partial charge on any atom is 0.246 e. The number of ether oxygens (including phenoxy) is 1. The van der Waals surface area contributed by atoms with Crippen LogP contribution < -0.4 is 5.32 Å². The second-order valence-corrected chi connectivity index (χ2v) is 3.62. The number of hydrogen-bond donors (Lipinski definition) is 1. The average Bonchev–Trinajstić information content (AvgIpc) is 2.25. The molecule has 0 unspecified atom stereocenters. The molecule has 1 amide bonds. The Morgan fingerprint density at radius 2 is 2.00 bits per heavy atom. The summed E-state index contributed by atoms with van der Waals surface area (Å²) in [5.74, 6) is -0.0763. The highest BCUT2D eigenvalue weighted by Crippen LogP contribution is 1.97. The summed E-state index contributed by atoms with van der Waals surface area (Å²) in [5.41, 5.74) is 1.09. The van der Waals surface area contributed by atoms with E-state index in [1.54, 1.807) is 0 Å². The van der Waals surface area contributed by atoms with Crippen LogP contribution in [0.15, 0.2) is 30.3 Å². The van der Waals surface area contributed by atoms with Gasteiger partial charge in [0, 0.05) is 6.54 Å². The van der Waals surface area contributed by atoms with Gasteiger partial charge in [-0.05, 0) is 19.4 Å². The maximum atomic E-state index is 11.3. The predicted octanol–water partition coefficient (Wildman–Crippen LogP) is 1.73. The molecule has 0 bridgehead atoms. The van der Waals surface area contributed by atoms with Crippen LogP contribution in [0.3, 0.4) is 0 Å². The molecule has 0 saturated carbocycles. The lowest BCUT2D eigenvalue weighted by atomic mass is 10.2. The van der Waals surface area contributed by atoms with Gasteiger partial charge in [0.15, 0.2) is 0 Å². The van der Waals surface area contributed by atoms with Crippen molar-refractivity contribution in [3.8, 4) is 0 Å². The van der Waals surface area contributed by atoms with Gasteiger partial charge in [-0.15, -0.1) is 0 Å². The molecule has 0 aromatic heterocycles. The Hall–Kier alpha value is -1.35. The van der Waals surface area contributed by atoms with Gasteiger partial charge in [-0.25, -0.2) is 0 Å². The van der Waals surface area contributed by atoms with Gasteiger partial charge in [-0.1, -0.05) is 30.3 Å². The Kier molecular flexibility index (Phi) is 4.84. The third kappa shape index (κ3) is 5.18. The molecule has 3 heteroatoms. The van der Waals surface area contributed by atoms with Crippen LogP contribution in [0.25, 0.3) is 0 Å². The fraction of sp³-hybridized carbons (Fsp3) is 0.417. The van der Waals surface area contributed by atoms with Gasteiger partial charge in [0.2, 0.25) is 5.91 Å². The van der Waals surface area contributed by atoms with E-state index in [1.165, 1.54) is 0 Å². The lowest BCUT2D eigenvalue weighted by Gasteiger charge is -2.08. The van der Waals surface area contributed by atoms with Crippen molar-refractivity contribution in [2.75, 3.05) is 6.61 Å². The minimum absolute atomic E-state index is 0.0763. The highest BCUT2D eigenvalue weighted by molar-refractivity contribution is 5.77. The summed E-state index contributed by atoms with van der Waals surface area (Å²) in [6, 6.07) is 9.80. The molecule has 0 radical (unpaired) electrons. The monoisotopic (exact) mass is 207 g/mol. The van der Waals surface area contributed by atoms with Crippen molar-refractivity contribution >= 4 is 5.91 Å². The molecule has 82 valence electrons. The van der Waals surface area contributed by atoms with Crippen molar-refractivity contribution in [1.82, 2.24) is 5.32 Å². The van der Waals surface area contributed by atoms with Crippen LogP contribution >= 0.6 is 0 Å². The Balaban J connectivity index is 2.23. The first-order valence-electron chi connectivity index (χ1n) is 5.10. The molecule has 15 heavy (non-hydrogen) atoms. The van der Waals surface area contributed by atoms with Crippen molar-refractivity contribution < 1.29 is 9.53 Å². The Morgan fingerprint density at radius 1 is 1.33 bits per heavy atom. The molecule has 0 saturated heterocycles. The highest BCUT2D eigenvalue weighted by atomic mass is 16.5. The third-order valence-electron chi connectivity index (χ3n) is 1.88. The normalized spacial score (nSPS) is 10.3. The van der Waals surface area contributed by atoms with Gasteiger partial charge in [0.05, 0.1) is 6.10 Å². The third-order valence-corrected chi connectivity index (χ3v) is 1.88. The number of nitrogens with one attached hydrogen (secondary N) is 1. The smallest absolute Gasteiger partial charge is 0.246 e. The molecule has 0 aliphatic rings. The second-order valence-electron chi connectivity index (χ2n) is 3.62. The fourth-order valence-electron chi connectivity index (χ4n) is 1.09. The summed E-state index contributed by atoms with van der Waals surface area (Å²) in [5, 5.41) is 2.79. The number of carbonyl (C=O) groups excluding carboxylic acids is 1. The molecule has 0 aliphatic heterocycles. The molecular formula is C12H17NO2. The van der Waals surface area contributed by atoms with Crippen molar-refractivity contribution in [2.24, 2.45) is 0 Å². The van der Waals surface area contributed by atoms with Crippen molar-refractivity contribution in [3.63, 3.8) is 0 Å². The zero-order valence-electron chi connectivity index (χ0n) is 9.19. The first-order valence-corrected chi connectivity index (χ1v) is 5.10. The Bertz CT molecular complexity index is 296. The summed E-state index contributed by atoms with van der Waals surface area (Å²) < 4.78 is 5.18. The zero-order chi connectivity index (χ0) is 11.1. The Labute approximate surface area is 90.4 Å². The van der Waals surface area contributed by atoms with Crippen molar-refractivity contribution in [2.45, 2.75) is 26.5 Å². The van der Waals surface area contributed by atoms with Gasteiger partial charge in [-0.3, -0.25) is 4.79 Å². The van der Waals surface area contributed by atoms with E-state index >= 15 is 0 Å². The van der Waals surface area contributed by atoms with E-state index in [1.807, 2.05) is 44.2 Å². The van der Waals surface area contributed by atoms with E-state index in [9.17, 15) is 4.79 Å². The number of rotatable bonds is 5. The van der Waals surface area contributed by atoms with Crippen LogP contribution in [0, 0.1) is 0 Å². The molecule has 0 fully saturated rings. The molecule has 0 spiro atoms. The highest BCUT2D eigenvalue weighted by Gasteiger charge is 2.02. The van der Waals surface area contributed by atoms with Gasteiger partial charge >= 0.3 is 0 Å². The first kappa shape index (κ1) is 11.7. The number of carbonyl (C=O) groups is 1. The fourth-order valence-corrected chi connectivity index (χ4v) is 1.09. The number of amides is 1. The van der Waals surface area contributed by atoms with Crippen LogP contribution in [0.5, 0.6) is 0 Å². The molecule has 1 aromatic rings. The average molecular weight is 207 g/mol. The molecule has 0 atom stereocenters. The minimum atomic E-state index is -0.0763. The number of hydrogen-bond acceptors (Lipinski definition) is 2. The quantitative estimate of drug-likeness (QED) is 0.798. The Morgan fingerprint density at radius 3 is 2.60 bits per heavy atom. The zero-order valence-corrected chi connectivity index (χ0v) is 9.19. The lowest BCUT2D eigenvalue weighted by Crippen LogP contribution is -2.28. The van der Waals surface area contributed by atoms with Gasteiger partial charge in [0.1, 0.15) is 6.61 Å². The standard InChI is InChI=1S/C12H17NO2/c1-10(2)15-9-12(14)13-8-11-6-4-3-5-7-11/h3-7,10H,8-9H2,1-2H3,(H,13,14). The molecular weight excluding hydrogens is 190 g/mol. The van der Waals surface area contributed by atoms with Gasteiger partial charge in [0.25, 0.3) is 0 Å². The molecule has 1 N–H and O–H groups in total. The largest absolute Gasteiger partial charge is 0.369 e. The second kappa shape index (κ2) is 6.19. The maximum absolute atomic E-state index is 11.3. The SMILES string of the molecule is CC(C)OCC(=O)NCc1ccccc1. The summed E-state index contributed by atoms with van der Waals surface area (Å²) in [7, 11) is 0. The van der Waals surface area contributed by atoms with Crippen LogP contribution in [0.4, 0.5) is 0 Å². The molecule has 0 heterocycles. The van der Waals surface area contributed by atoms with Crippen LogP contribution in [-0.2, 0) is 16.1 Å². The lowest BCUT2D eigenvalue weighted by molar-refractivity contribution is -0.127. The topological polar surface area (TPSA) is 38.3 Å². The molecule has 1 rings (SSSR count). The van der Waals surface area contributed by atoms with Crippen molar-refractivity contribution in [3.05, 3.63) is 35.9 Å². The van der Waals surface area contributed by atoms with E-state index in [0.717, 1.165) is 5.56 Å². The minimum Gasteiger partial charge on any atom is -0.369 e. The predicted molar refractivity (Wildman–Crippen MR) is 59.4 cm³/mol. The van der Waals surface area contributed by atoms with E-state index in [-0.39, 0.29) is 18.6 Å². The molecule has 1 aromatic carbocycles. The van der Waals surface area contributed by atoms with E-state index in [4.69, 9.17) is 4.74 Å². The molecule has 0 aliphatic carbocycles. The van der Waals surface area contributed by atoms with Gasteiger partial charge < -0.3 is 10.1 Å². The summed E-state index contributed by atoms with van der Waals surface area (Å²) in [6.07, 6.45) is 0.0903. The van der Waals surface area contributed by atoms with E-state index in [2.05, 4.69) is 5.32 Å². The van der Waals surface area contributed by atoms with Crippen LogP contribution in [-0.4, -0.2) is 18.6 Å². The first-order chi connectivity index (χ1) is 7.18. The molecule has 3 nitrogen and oxygen atoms in total. The van der Waals surface area contributed by atoms with E-state index < -0.39 is 0 Å². The summed E-state index contributed by atoms with van der Waals surface area (Å²) >= 11 is 0. The number of benzene rings is 1. The van der Waals surface area contributed by atoms with Crippen LogP contribution in [0.1, 0.15) is 19.4 Å². The van der Waals surface area contributed by atoms with Gasteiger partial charge in [-0.2, -0.15) is 0 Å². The van der Waals surface area contributed by atoms with E-state index in [0.29, 0.717) is 6.54 Å². The van der Waals surface area contributed by atoms with Crippen LogP contribution in [0.2, 0.25) is 0 Å². The van der Waals surface area contributed by atoms with Crippen molar-refractivity contribution in [1.29, 1.82) is 0 Å².